The number of rotatable bonds is 7. The van der Waals surface area contributed by atoms with Crippen molar-refractivity contribution >= 4 is 16.7 Å². The molecule has 2 aromatic carbocycles. The van der Waals surface area contributed by atoms with E-state index in [1.165, 1.54) is 10.2 Å². The molecule has 0 spiro atoms. The lowest BCUT2D eigenvalue weighted by molar-refractivity contribution is -0.123. The van der Waals surface area contributed by atoms with E-state index in [4.69, 9.17) is 0 Å². The largest absolute Gasteiger partial charge is 0.350 e. The van der Waals surface area contributed by atoms with Crippen LogP contribution in [-0.2, 0) is 17.8 Å². The van der Waals surface area contributed by atoms with Gasteiger partial charge in [0.2, 0.25) is 5.91 Å². The Balaban J connectivity index is 1.31. The minimum atomic E-state index is -0.220. The van der Waals surface area contributed by atoms with Gasteiger partial charge in [-0.2, -0.15) is 5.10 Å². The van der Waals surface area contributed by atoms with Crippen molar-refractivity contribution in [2.75, 3.05) is 19.6 Å². The van der Waals surface area contributed by atoms with Crippen molar-refractivity contribution in [3.8, 4) is 0 Å². The first-order valence-electron chi connectivity index (χ1n) is 11.1. The van der Waals surface area contributed by atoms with Gasteiger partial charge in [-0.25, -0.2) is 4.68 Å². The van der Waals surface area contributed by atoms with Crippen LogP contribution in [0.4, 0.5) is 0 Å². The van der Waals surface area contributed by atoms with Crippen LogP contribution >= 0.6 is 0 Å². The molecule has 2 heterocycles. The number of hydrogen-bond acceptors (Lipinski definition) is 4. The van der Waals surface area contributed by atoms with Crippen LogP contribution in [0.5, 0.6) is 0 Å². The zero-order valence-electron chi connectivity index (χ0n) is 18.1. The SMILES string of the molecule is Cc1nn(CC(=O)NC2CCCN(CCCc3ccccc3)C2)c(=O)c2ccccc12. The molecule has 31 heavy (non-hydrogen) atoms. The number of nitrogens with one attached hydrogen (secondary N) is 1. The Labute approximate surface area is 182 Å². The van der Waals surface area contributed by atoms with E-state index < -0.39 is 0 Å². The van der Waals surface area contributed by atoms with Gasteiger partial charge in [0.15, 0.2) is 0 Å². The first kappa shape index (κ1) is 21.2. The highest BCUT2D eigenvalue weighted by molar-refractivity contribution is 5.83. The fourth-order valence-electron chi connectivity index (χ4n) is 4.45. The van der Waals surface area contributed by atoms with Crippen LogP contribution in [-0.4, -0.2) is 46.3 Å². The Kier molecular flexibility index (Phi) is 6.77. The molecule has 1 aliphatic rings. The van der Waals surface area contributed by atoms with Crippen molar-refractivity contribution in [2.45, 2.75) is 45.2 Å². The monoisotopic (exact) mass is 418 g/mol. The molecule has 4 rings (SSSR count). The molecule has 1 unspecified atom stereocenters. The predicted molar refractivity (Wildman–Crippen MR) is 123 cm³/mol. The van der Waals surface area contributed by atoms with Gasteiger partial charge < -0.3 is 10.2 Å². The van der Waals surface area contributed by atoms with E-state index in [0.29, 0.717) is 5.39 Å². The number of nitrogens with zero attached hydrogens (tertiary/aromatic N) is 3. The summed E-state index contributed by atoms with van der Waals surface area (Å²) in [5, 5.41) is 8.91. The number of fused-ring (bicyclic) bond motifs is 1. The molecule has 1 N–H and O–H groups in total. The first-order chi connectivity index (χ1) is 15.1. The van der Waals surface area contributed by atoms with Gasteiger partial charge in [0.25, 0.3) is 5.56 Å². The Morgan fingerprint density at radius 2 is 1.84 bits per heavy atom. The summed E-state index contributed by atoms with van der Waals surface area (Å²) in [6.45, 7) is 4.79. The minimum absolute atomic E-state index is 0.0466. The summed E-state index contributed by atoms with van der Waals surface area (Å²) in [5.74, 6) is -0.152. The average Bonchev–Trinajstić information content (AvgIpc) is 2.78. The van der Waals surface area contributed by atoms with Crippen molar-refractivity contribution < 1.29 is 4.79 Å². The number of aryl methyl sites for hydroxylation is 2. The zero-order valence-corrected chi connectivity index (χ0v) is 18.1. The summed E-state index contributed by atoms with van der Waals surface area (Å²) in [7, 11) is 0. The van der Waals surface area contributed by atoms with Gasteiger partial charge in [-0.15, -0.1) is 0 Å². The molecule has 3 aromatic rings. The smallest absolute Gasteiger partial charge is 0.275 e. The van der Waals surface area contributed by atoms with E-state index in [2.05, 4.69) is 39.6 Å². The lowest BCUT2D eigenvalue weighted by atomic mass is 10.0. The number of amides is 1. The van der Waals surface area contributed by atoms with Crippen molar-refractivity contribution in [1.82, 2.24) is 20.0 Å². The van der Waals surface area contributed by atoms with E-state index in [-0.39, 0.29) is 24.1 Å². The molecule has 162 valence electrons. The van der Waals surface area contributed by atoms with Crippen molar-refractivity contribution in [2.24, 2.45) is 0 Å². The second-order valence-corrected chi connectivity index (χ2v) is 8.39. The molecule has 0 radical (unpaired) electrons. The Hall–Kier alpha value is -2.99. The highest BCUT2D eigenvalue weighted by Crippen LogP contribution is 2.13. The fourth-order valence-corrected chi connectivity index (χ4v) is 4.45. The summed E-state index contributed by atoms with van der Waals surface area (Å²) < 4.78 is 1.29. The molecule has 1 aromatic heterocycles. The zero-order chi connectivity index (χ0) is 21.6. The maximum absolute atomic E-state index is 12.7. The van der Waals surface area contributed by atoms with Gasteiger partial charge in [0, 0.05) is 18.0 Å². The molecule has 0 saturated carbocycles. The van der Waals surface area contributed by atoms with E-state index >= 15 is 0 Å². The van der Waals surface area contributed by atoms with Crippen LogP contribution in [0.2, 0.25) is 0 Å². The van der Waals surface area contributed by atoms with Gasteiger partial charge in [-0.3, -0.25) is 9.59 Å². The molecule has 1 aliphatic heterocycles. The second-order valence-electron chi connectivity index (χ2n) is 8.39. The molecule has 6 heteroatoms. The maximum Gasteiger partial charge on any atom is 0.275 e. The van der Waals surface area contributed by atoms with Gasteiger partial charge in [0.1, 0.15) is 6.54 Å². The molecule has 1 amide bonds. The van der Waals surface area contributed by atoms with Crippen molar-refractivity contribution in [1.29, 1.82) is 0 Å². The molecule has 1 atom stereocenters. The number of piperidine rings is 1. The summed E-state index contributed by atoms with van der Waals surface area (Å²) in [4.78, 5) is 27.8. The van der Waals surface area contributed by atoms with Gasteiger partial charge in [-0.1, -0.05) is 48.5 Å². The molecule has 0 bridgehead atoms. The standard InChI is InChI=1S/C25H30N4O2/c1-19-22-13-5-6-14-23(22)25(31)29(27-19)18-24(30)26-21-12-8-16-28(17-21)15-7-11-20-9-3-2-4-10-20/h2-6,9-10,13-14,21H,7-8,11-12,15-18H2,1H3,(H,26,30). The van der Waals surface area contributed by atoms with Crippen LogP contribution in [0.25, 0.3) is 10.8 Å². The quantitative estimate of drug-likeness (QED) is 0.641. The first-order valence-corrected chi connectivity index (χ1v) is 11.1. The van der Waals surface area contributed by atoms with Gasteiger partial charge in [-0.05, 0) is 57.3 Å². The van der Waals surface area contributed by atoms with Crippen molar-refractivity contribution in [3.63, 3.8) is 0 Å². The van der Waals surface area contributed by atoms with Crippen LogP contribution in [0.15, 0.2) is 59.4 Å². The van der Waals surface area contributed by atoms with E-state index in [1.807, 2.05) is 31.2 Å². The van der Waals surface area contributed by atoms with Crippen LogP contribution in [0.3, 0.4) is 0 Å². The van der Waals surface area contributed by atoms with E-state index in [9.17, 15) is 9.59 Å². The number of aromatic nitrogens is 2. The fraction of sp³-hybridized carbons (Fsp3) is 0.400. The Bertz CT molecular complexity index is 1090. The lowest BCUT2D eigenvalue weighted by Gasteiger charge is -2.33. The number of carbonyl (C=O) groups is 1. The maximum atomic E-state index is 12.7. The Morgan fingerprint density at radius 3 is 2.65 bits per heavy atom. The van der Waals surface area contributed by atoms with Crippen LogP contribution < -0.4 is 10.9 Å². The molecular formula is C25H30N4O2. The predicted octanol–water partition coefficient (Wildman–Crippen LogP) is 2.92. The highest BCUT2D eigenvalue weighted by atomic mass is 16.2. The normalized spacial score (nSPS) is 17.0. The molecule has 1 fully saturated rings. The van der Waals surface area contributed by atoms with Gasteiger partial charge >= 0.3 is 0 Å². The summed E-state index contributed by atoms with van der Waals surface area (Å²) >= 11 is 0. The Morgan fingerprint density at radius 1 is 1.10 bits per heavy atom. The number of benzene rings is 2. The third-order valence-electron chi connectivity index (χ3n) is 6.00. The lowest BCUT2D eigenvalue weighted by Crippen LogP contribution is -2.49. The van der Waals surface area contributed by atoms with Crippen LogP contribution in [0, 0.1) is 6.92 Å². The van der Waals surface area contributed by atoms with Crippen molar-refractivity contribution in [3.05, 3.63) is 76.2 Å². The van der Waals surface area contributed by atoms with Gasteiger partial charge in [0.05, 0.1) is 11.1 Å². The second kappa shape index (κ2) is 9.88. The summed E-state index contributed by atoms with van der Waals surface area (Å²) in [6, 6.07) is 18.1. The highest BCUT2D eigenvalue weighted by Gasteiger charge is 2.21. The summed E-state index contributed by atoms with van der Waals surface area (Å²) in [5.41, 5.74) is 1.90. The average molecular weight is 419 g/mol. The van der Waals surface area contributed by atoms with E-state index in [0.717, 1.165) is 56.4 Å². The van der Waals surface area contributed by atoms with E-state index in [1.54, 1.807) is 6.07 Å². The third-order valence-corrected chi connectivity index (χ3v) is 6.00. The molecule has 1 saturated heterocycles. The molecule has 6 nitrogen and oxygen atoms in total. The third kappa shape index (κ3) is 5.39. The number of likely N-dealkylation sites (tertiary alicyclic amines) is 1. The number of carbonyl (C=O) groups excluding carboxylic acids is 1. The number of hydrogen-bond donors (Lipinski definition) is 1. The van der Waals surface area contributed by atoms with Crippen LogP contribution in [0.1, 0.15) is 30.5 Å². The summed E-state index contributed by atoms with van der Waals surface area (Å²) in [6.07, 6.45) is 4.23. The topological polar surface area (TPSA) is 67.2 Å². The molecular weight excluding hydrogens is 388 g/mol. The minimum Gasteiger partial charge on any atom is -0.350 e. The molecule has 0 aliphatic carbocycles.